The van der Waals surface area contributed by atoms with Gasteiger partial charge in [-0.1, -0.05) is 18.2 Å². The van der Waals surface area contributed by atoms with Crippen LogP contribution in [0.25, 0.3) is 6.08 Å². The van der Waals surface area contributed by atoms with E-state index in [4.69, 9.17) is 4.74 Å². The molecule has 1 aromatic carbocycles. The highest BCUT2D eigenvalue weighted by Crippen LogP contribution is 2.23. The number of allylic oxidation sites excluding steroid dienone is 1. The molecule has 1 rings (SSSR count). The molecule has 80 valence electrons. The van der Waals surface area contributed by atoms with Gasteiger partial charge in [0.2, 0.25) is 0 Å². The summed E-state index contributed by atoms with van der Waals surface area (Å²) in [6.07, 6.45) is 3.97. The first-order chi connectivity index (χ1) is 7.03. The molecule has 0 atom stereocenters. The van der Waals surface area contributed by atoms with Crippen LogP contribution in [0.1, 0.15) is 26.3 Å². The highest BCUT2D eigenvalue weighted by Gasteiger charge is 2.12. The van der Waals surface area contributed by atoms with Gasteiger partial charge in [0.1, 0.15) is 17.6 Å². The summed E-state index contributed by atoms with van der Waals surface area (Å²) in [5.41, 5.74) is 0.685. The van der Waals surface area contributed by atoms with E-state index >= 15 is 0 Å². The maximum atomic E-state index is 10.2. The fraction of sp³-hybridized carbons (Fsp3) is 0.308. The maximum Gasteiger partial charge on any atom is 0.142 e. The Labute approximate surface area is 90.6 Å². The summed E-state index contributed by atoms with van der Waals surface area (Å²) in [4.78, 5) is 10.2. The van der Waals surface area contributed by atoms with Crippen LogP contribution in [0.4, 0.5) is 0 Å². The summed E-state index contributed by atoms with van der Waals surface area (Å²) in [7, 11) is 0. The van der Waals surface area contributed by atoms with Gasteiger partial charge in [-0.15, -0.1) is 0 Å². The second-order valence-corrected chi connectivity index (χ2v) is 4.25. The molecule has 0 aliphatic carbocycles. The molecular weight excluding hydrogens is 188 g/mol. The molecule has 0 bridgehead atoms. The molecule has 0 amide bonds. The smallest absolute Gasteiger partial charge is 0.142 e. The summed E-state index contributed by atoms with van der Waals surface area (Å²) in [6, 6.07) is 7.65. The summed E-state index contributed by atoms with van der Waals surface area (Å²) in [5, 5.41) is 0. The third-order valence-electron chi connectivity index (χ3n) is 1.69. The van der Waals surface area contributed by atoms with Gasteiger partial charge in [-0.25, -0.2) is 0 Å². The first kappa shape index (κ1) is 11.5. The predicted octanol–water partition coefficient (Wildman–Crippen LogP) is 3.08. The molecule has 0 aromatic heterocycles. The zero-order valence-electron chi connectivity index (χ0n) is 9.36. The van der Waals surface area contributed by atoms with E-state index in [0.29, 0.717) is 0 Å². The van der Waals surface area contributed by atoms with Gasteiger partial charge in [-0.05, 0) is 39.0 Å². The minimum Gasteiger partial charge on any atom is -0.488 e. The lowest BCUT2D eigenvalue weighted by atomic mass is 10.1. The number of carbonyl (C=O) groups is 1. The first-order valence-electron chi connectivity index (χ1n) is 4.93. The standard InChI is InChI=1S/C13H16O2/c1-13(2,3)15-12-9-5-4-7-11(12)8-6-10-14/h4-10H,1-3H3. The van der Waals surface area contributed by atoms with Crippen molar-refractivity contribution in [2.75, 3.05) is 0 Å². The van der Waals surface area contributed by atoms with Crippen molar-refractivity contribution in [3.8, 4) is 5.75 Å². The fourth-order valence-electron chi connectivity index (χ4n) is 1.18. The molecule has 0 heterocycles. The highest BCUT2D eigenvalue weighted by atomic mass is 16.5. The SMILES string of the molecule is CC(C)(C)Oc1ccccc1C=CC=O. The Hall–Kier alpha value is -1.57. The zero-order valence-corrected chi connectivity index (χ0v) is 9.36. The minimum absolute atomic E-state index is 0.231. The van der Waals surface area contributed by atoms with Crippen LogP contribution in [0.2, 0.25) is 0 Å². The third-order valence-corrected chi connectivity index (χ3v) is 1.69. The van der Waals surface area contributed by atoms with E-state index in [0.717, 1.165) is 17.6 Å². The normalized spacial score (nSPS) is 11.7. The lowest BCUT2D eigenvalue weighted by Crippen LogP contribution is -2.23. The van der Waals surface area contributed by atoms with Crippen molar-refractivity contribution in [1.29, 1.82) is 0 Å². The molecule has 0 saturated heterocycles. The number of rotatable bonds is 3. The van der Waals surface area contributed by atoms with Gasteiger partial charge in [-0.3, -0.25) is 4.79 Å². The van der Waals surface area contributed by atoms with Crippen molar-refractivity contribution in [2.24, 2.45) is 0 Å². The molecule has 2 heteroatoms. The Balaban J connectivity index is 2.96. The number of para-hydroxylation sites is 1. The quantitative estimate of drug-likeness (QED) is 0.558. The highest BCUT2D eigenvalue weighted by molar-refractivity contribution is 5.75. The molecule has 2 nitrogen and oxygen atoms in total. The number of carbonyl (C=O) groups excluding carboxylic acids is 1. The van der Waals surface area contributed by atoms with E-state index in [-0.39, 0.29) is 5.60 Å². The molecule has 15 heavy (non-hydrogen) atoms. The van der Waals surface area contributed by atoms with Gasteiger partial charge >= 0.3 is 0 Å². The van der Waals surface area contributed by atoms with Gasteiger partial charge in [0.05, 0.1) is 0 Å². The van der Waals surface area contributed by atoms with Gasteiger partial charge in [0, 0.05) is 5.56 Å². The van der Waals surface area contributed by atoms with Crippen molar-refractivity contribution in [3.05, 3.63) is 35.9 Å². The summed E-state index contributed by atoms with van der Waals surface area (Å²) in [6.45, 7) is 5.98. The van der Waals surface area contributed by atoms with Crippen molar-refractivity contribution in [1.82, 2.24) is 0 Å². The van der Waals surface area contributed by atoms with Crippen molar-refractivity contribution >= 4 is 12.4 Å². The minimum atomic E-state index is -0.231. The molecule has 0 fully saturated rings. The first-order valence-corrected chi connectivity index (χ1v) is 4.93. The van der Waals surface area contributed by atoms with E-state index in [9.17, 15) is 4.79 Å². The van der Waals surface area contributed by atoms with Crippen LogP contribution < -0.4 is 4.74 Å². The van der Waals surface area contributed by atoms with Crippen molar-refractivity contribution in [3.63, 3.8) is 0 Å². The Morgan fingerprint density at radius 3 is 2.47 bits per heavy atom. The lowest BCUT2D eigenvalue weighted by Gasteiger charge is -2.22. The number of aldehydes is 1. The van der Waals surface area contributed by atoms with Gasteiger partial charge in [-0.2, -0.15) is 0 Å². The number of hydrogen-bond acceptors (Lipinski definition) is 2. The number of benzene rings is 1. The molecule has 1 aromatic rings. The van der Waals surface area contributed by atoms with E-state index in [1.54, 1.807) is 6.08 Å². The van der Waals surface area contributed by atoms with E-state index in [1.807, 2.05) is 45.0 Å². The summed E-state index contributed by atoms with van der Waals surface area (Å²) < 4.78 is 5.76. The van der Waals surface area contributed by atoms with Gasteiger partial charge in [0.25, 0.3) is 0 Å². The molecule has 0 aliphatic rings. The molecule has 0 saturated carbocycles. The summed E-state index contributed by atoms with van der Waals surface area (Å²) in [5.74, 6) is 0.795. The van der Waals surface area contributed by atoms with Crippen LogP contribution in [-0.4, -0.2) is 11.9 Å². The Morgan fingerprint density at radius 2 is 1.87 bits per heavy atom. The van der Waals surface area contributed by atoms with E-state index in [1.165, 1.54) is 6.08 Å². The molecule has 0 aliphatic heterocycles. The molecule has 0 spiro atoms. The van der Waals surface area contributed by atoms with Crippen LogP contribution in [0, 0.1) is 0 Å². The van der Waals surface area contributed by atoms with E-state index in [2.05, 4.69) is 0 Å². The second kappa shape index (κ2) is 4.78. The molecule has 0 N–H and O–H groups in total. The Morgan fingerprint density at radius 1 is 1.20 bits per heavy atom. The maximum absolute atomic E-state index is 10.2. The van der Waals surface area contributed by atoms with Crippen LogP contribution in [0.3, 0.4) is 0 Å². The predicted molar refractivity (Wildman–Crippen MR) is 61.9 cm³/mol. The molecule has 0 radical (unpaired) electrons. The average molecular weight is 204 g/mol. The van der Waals surface area contributed by atoms with Crippen molar-refractivity contribution < 1.29 is 9.53 Å². The van der Waals surface area contributed by atoms with Gasteiger partial charge < -0.3 is 4.74 Å². The largest absolute Gasteiger partial charge is 0.488 e. The van der Waals surface area contributed by atoms with Crippen molar-refractivity contribution in [2.45, 2.75) is 26.4 Å². The second-order valence-electron chi connectivity index (χ2n) is 4.25. The van der Waals surface area contributed by atoms with Crippen LogP contribution >= 0.6 is 0 Å². The summed E-state index contributed by atoms with van der Waals surface area (Å²) >= 11 is 0. The van der Waals surface area contributed by atoms with E-state index < -0.39 is 0 Å². The molecule has 0 unspecified atom stereocenters. The molecular formula is C13H16O2. The lowest BCUT2D eigenvalue weighted by molar-refractivity contribution is -0.104. The average Bonchev–Trinajstić information content (AvgIpc) is 2.14. The van der Waals surface area contributed by atoms with Crippen LogP contribution in [0.15, 0.2) is 30.3 Å². The van der Waals surface area contributed by atoms with Crippen LogP contribution in [-0.2, 0) is 4.79 Å². The monoisotopic (exact) mass is 204 g/mol. The topological polar surface area (TPSA) is 26.3 Å². The number of ether oxygens (including phenoxy) is 1. The zero-order chi connectivity index (χ0) is 11.3. The van der Waals surface area contributed by atoms with Gasteiger partial charge in [0.15, 0.2) is 0 Å². The Bertz CT molecular complexity index is 359. The fourth-order valence-corrected chi connectivity index (χ4v) is 1.18. The third kappa shape index (κ3) is 3.98. The van der Waals surface area contributed by atoms with Crippen LogP contribution in [0.5, 0.6) is 5.75 Å². The Kier molecular flexibility index (Phi) is 3.67. The number of hydrogen-bond donors (Lipinski definition) is 0.